The minimum Gasteiger partial charge on any atom is -0.356 e. The van der Waals surface area contributed by atoms with Gasteiger partial charge in [0.05, 0.1) is 0 Å². The predicted octanol–water partition coefficient (Wildman–Crippen LogP) is 2.86. The third-order valence-corrected chi connectivity index (χ3v) is 4.60. The lowest BCUT2D eigenvalue weighted by Crippen LogP contribution is -2.32. The highest BCUT2D eigenvalue weighted by atomic mass is 79.9. The summed E-state index contributed by atoms with van der Waals surface area (Å²) in [4.78, 5) is 12.4. The zero-order chi connectivity index (χ0) is 10.7. The summed E-state index contributed by atoms with van der Waals surface area (Å²) in [6.45, 7) is 0.900. The molecule has 0 aliphatic heterocycles. The van der Waals surface area contributed by atoms with E-state index in [9.17, 15) is 4.79 Å². The average Bonchev–Trinajstić information content (AvgIpc) is 2.84. The van der Waals surface area contributed by atoms with Gasteiger partial charge in [0.1, 0.15) is 0 Å². The minimum atomic E-state index is 0.311. The van der Waals surface area contributed by atoms with E-state index in [1.165, 1.54) is 32.1 Å². The van der Waals surface area contributed by atoms with Gasteiger partial charge in [0.2, 0.25) is 5.91 Å². The number of amides is 1. The van der Waals surface area contributed by atoms with Gasteiger partial charge in [-0.05, 0) is 38.0 Å². The van der Waals surface area contributed by atoms with E-state index in [0.29, 0.717) is 22.6 Å². The molecule has 2 saturated carbocycles. The standard InChI is InChI=1S/C12H20BrNO/c13-11-6-5-9(7-11)8-14-12(15)10-3-1-2-4-10/h9-11H,1-8H2,(H,14,15). The summed E-state index contributed by atoms with van der Waals surface area (Å²) in [7, 11) is 0. The third kappa shape index (κ3) is 3.20. The van der Waals surface area contributed by atoms with E-state index in [0.717, 1.165) is 19.4 Å². The summed E-state index contributed by atoms with van der Waals surface area (Å²) in [5, 5.41) is 3.13. The highest BCUT2D eigenvalue weighted by Crippen LogP contribution is 2.30. The largest absolute Gasteiger partial charge is 0.356 e. The lowest BCUT2D eigenvalue weighted by molar-refractivity contribution is -0.124. The molecule has 2 atom stereocenters. The van der Waals surface area contributed by atoms with Crippen LogP contribution in [0.4, 0.5) is 0 Å². The monoisotopic (exact) mass is 273 g/mol. The zero-order valence-electron chi connectivity index (χ0n) is 9.18. The van der Waals surface area contributed by atoms with Gasteiger partial charge < -0.3 is 5.32 Å². The lowest BCUT2D eigenvalue weighted by Gasteiger charge is -2.14. The number of carbonyl (C=O) groups excluding carboxylic acids is 1. The van der Waals surface area contributed by atoms with Gasteiger partial charge in [-0.15, -0.1) is 0 Å². The Morgan fingerprint density at radius 1 is 1.20 bits per heavy atom. The van der Waals surface area contributed by atoms with Crippen LogP contribution >= 0.6 is 15.9 Å². The maximum Gasteiger partial charge on any atom is 0.223 e. The maximum atomic E-state index is 11.8. The molecular formula is C12H20BrNO. The Morgan fingerprint density at radius 3 is 2.53 bits per heavy atom. The van der Waals surface area contributed by atoms with E-state index in [2.05, 4.69) is 21.2 Å². The van der Waals surface area contributed by atoms with E-state index in [-0.39, 0.29) is 0 Å². The molecule has 1 amide bonds. The number of carbonyl (C=O) groups is 1. The van der Waals surface area contributed by atoms with Crippen molar-refractivity contribution < 1.29 is 4.79 Å². The minimum absolute atomic E-state index is 0.311. The van der Waals surface area contributed by atoms with Crippen LogP contribution in [0.25, 0.3) is 0 Å². The number of hydrogen-bond acceptors (Lipinski definition) is 1. The first-order chi connectivity index (χ1) is 7.25. The second-order valence-corrected chi connectivity index (χ2v) is 6.30. The van der Waals surface area contributed by atoms with Crippen LogP contribution in [0.2, 0.25) is 0 Å². The van der Waals surface area contributed by atoms with Crippen molar-refractivity contribution in [2.75, 3.05) is 6.54 Å². The van der Waals surface area contributed by atoms with Gasteiger partial charge in [0.15, 0.2) is 0 Å². The Morgan fingerprint density at radius 2 is 1.93 bits per heavy atom. The van der Waals surface area contributed by atoms with E-state index in [4.69, 9.17) is 0 Å². The molecule has 0 aromatic heterocycles. The smallest absolute Gasteiger partial charge is 0.223 e. The molecular weight excluding hydrogens is 254 g/mol. The van der Waals surface area contributed by atoms with Crippen LogP contribution in [0.1, 0.15) is 44.9 Å². The molecule has 0 aromatic rings. The quantitative estimate of drug-likeness (QED) is 0.788. The Bertz CT molecular complexity index is 226. The van der Waals surface area contributed by atoms with E-state index >= 15 is 0 Å². The summed E-state index contributed by atoms with van der Waals surface area (Å²) in [6, 6.07) is 0. The van der Waals surface area contributed by atoms with Gasteiger partial charge in [-0.3, -0.25) is 4.79 Å². The van der Waals surface area contributed by atoms with Gasteiger partial charge >= 0.3 is 0 Å². The topological polar surface area (TPSA) is 29.1 Å². The molecule has 3 heteroatoms. The summed E-state index contributed by atoms with van der Waals surface area (Å²) < 4.78 is 0. The third-order valence-electron chi connectivity index (χ3n) is 3.77. The molecule has 2 nitrogen and oxygen atoms in total. The summed E-state index contributed by atoms with van der Waals surface area (Å²) in [6.07, 6.45) is 8.46. The molecule has 0 saturated heterocycles. The number of halogens is 1. The van der Waals surface area contributed by atoms with Gasteiger partial charge in [-0.1, -0.05) is 28.8 Å². The van der Waals surface area contributed by atoms with Gasteiger partial charge in [0.25, 0.3) is 0 Å². The molecule has 1 N–H and O–H groups in total. The number of hydrogen-bond donors (Lipinski definition) is 1. The summed E-state index contributed by atoms with van der Waals surface area (Å²) >= 11 is 3.64. The van der Waals surface area contributed by atoms with Crippen LogP contribution in [0.3, 0.4) is 0 Å². The Kier molecular flexibility index (Phi) is 4.06. The van der Waals surface area contributed by atoms with E-state index in [1.54, 1.807) is 0 Å². The van der Waals surface area contributed by atoms with Crippen LogP contribution in [-0.2, 0) is 4.79 Å². The molecule has 2 aliphatic rings. The molecule has 2 fully saturated rings. The molecule has 0 radical (unpaired) electrons. The molecule has 0 aromatic carbocycles. The maximum absolute atomic E-state index is 11.8. The number of alkyl halides is 1. The summed E-state index contributed by atoms with van der Waals surface area (Å²) in [5.41, 5.74) is 0. The molecule has 2 aliphatic carbocycles. The SMILES string of the molecule is O=C(NCC1CCC(Br)C1)C1CCCC1. The molecule has 2 rings (SSSR count). The van der Waals surface area contributed by atoms with E-state index in [1.807, 2.05) is 0 Å². The van der Waals surface area contributed by atoms with E-state index < -0.39 is 0 Å². The first-order valence-electron chi connectivity index (χ1n) is 6.17. The molecule has 0 bridgehead atoms. The van der Waals surface area contributed by atoms with Gasteiger partial charge in [0, 0.05) is 17.3 Å². The second-order valence-electron chi connectivity index (χ2n) is 5.00. The highest BCUT2D eigenvalue weighted by molar-refractivity contribution is 9.09. The summed E-state index contributed by atoms with van der Waals surface area (Å²) in [5.74, 6) is 1.34. The van der Waals surface area contributed by atoms with Crippen molar-refractivity contribution in [3.8, 4) is 0 Å². The van der Waals surface area contributed by atoms with Crippen molar-refractivity contribution in [1.29, 1.82) is 0 Å². The predicted molar refractivity (Wildman–Crippen MR) is 65.0 cm³/mol. The van der Waals surface area contributed by atoms with Crippen LogP contribution in [0.15, 0.2) is 0 Å². The van der Waals surface area contributed by atoms with Crippen molar-refractivity contribution in [2.24, 2.45) is 11.8 Å². The van der Waals surface area contributed by atoms with Crippen molar-refractivity contribution >= 4 is 21.8 Å². The number of nitrogens with one attached hydrogen (secondary N) is 1. The fourth-order valence-electron chi connectivity index (χ4n) is 2.78. The second kappa shape index (κ2) is 5.33. The van der Waals surface area contributed by atoms with Crippen LogP contribution in [0, 0.1) is 11.8 Å². The molecule has 86 valence electrons. The van der Waals surface area contributed by atoms with Gasteiger partial charge in [-0.25, -0.2) is 0 Å². The van der Waals surface area contributed by atoms with Crippen molar-refractivity contribution in [3.63, 3.8) is 0 Å². The van der Waals surface area contributed by atoms with Crippen LogP contribution in [0.5, 0.6) is 0 Å². The van der Waals surface area contributed by atoms with Crippen molar-refractivity contribution in [1.82, 2.24) is 5.32 Å². The molecule has 0 heterocycles. The van der Waals surface area contributed by atoms with Crippen LogP contribution < -0.4 is 5.32 Å². The molecule has 15 heavy (non-hydrogen) atoms. The first-order valence-corrected chi connectivity index (χ1v) is 7.09. The van der Waals surface area contributed by atoms with Crippen LogP contribution in [-0.4, -0.2) is 17.3 Å². The lowest BCUT2D eigenvalue weighted by atomic mass is 10.1. The Hall–Kier alpha value is -0.0500. The number of rotatable bonds is 3. The Labute approximate surface area is 100 Å². The normalized spacial score (nSPS) is 32.1. The fraction of sp³-hybridized carbons (Fsp3) is 0.917. The zero-order valence-corrected chi connectivity index (χ0v) is 10.8. The average molecular weight is 274 g/mol. The highest BCUT2D eigenvalue weighted by Gasteiger charge is 2.25. The first kappa shape index (κ1) is 11.4. The van der Waals surface area contributed by atoms with Crippen molar-refractivity contribution in [3.05, 3.63) is 0 Å². The molecule has 2 unspecified atom stereocenters. The fourth-order valence-corrected chi connectivity index (χ4v) is 3.57. The Balaban J connectivity index is 1.66. The molecule has 0 spiro atoms. The van der Waals surface area contributed by atoms with Crippen molar-refractivity contribution in [2.45, 2.75) is 49.8 Å². The van der Waals surface area contributed by atoms with Gasteiger partial charge in [-0.2, -0.15) is 0 Å².